The van der Waals surface area contributed by atoms with Crippen LogP contribution in [0, 0.1) is 0 Å². The van der Waals surface area contributed by atoms with E-state index in [9.17, 15) is 14.4 Å². The minimum absolute atomic E-state index is 0.0749. The van der Waals surface area contributed by atoms with E-state index in [0.717, 1.165) is 77.0 Å². The number of unbranched alkanes of at least 4 members (excludes halogenated alkanes) is 44. The van der Waals surface area contributed by atoms with Crippen LogP contribution in [0.3, 0.4) is 0 Å². The van der Waals surface area contributed by atoms with Crippen LogP contribution >= 0.6 is 0 Å². The average Bonchev–Trinajstić information content (AvgIpc) is 3.46. The fraction of sp³-hybridized carbons (Fsp3) is 0.824. The van der Waals surface area contributed by atoms with Gasteiger partial charge in [0.1, 0.15) is 13.2 Å². The molecule has 6 heteroatoms. The Morgan fingerprint density at radius 3 is 0.725 bits per heavy atom. The number of esters is 3. The van der Waals surface area contributed by atoms with Crippen LogP contribution in [-0.4, -0.2) is 37.2 Å². The van der Waals surface area contributed by atoms with Crippen LogP contribution in [0.4, 0.5) is 0 Å². The summed E-state index contributed by atoms with van der Waals surface area (Å²) in [6.45, 7) is 6.62. The van der Waals surface area contributed by atoms with E-state index < -0.39 is 6.10 Å². The molecule has 0 bridgehead atoms. The van der Waals surface area contributed by atoms with Gasteiger partial charge in [0.05, 0.1) is 0 Å². The van der Waals surface area contributed by atoms with Crippen LogP contribution in [0.25, 0.3) is 0 Å². The quantitative estimate of drug-likeness (QED) is 0.0261. The molecule has 0 radical (unpaired) electrons. The van der Waals surface area contributed by atoms with Crippen LogP contribution in [0.15, 0.2) is 60.8 Å². The zero-order valence-electron chi connectivity index (χ0n) is 53.6. The first kappa shape index (κ1) is 77.1. The molecular weight excluding hydrogens is 985 g/mol. The molecular formula is C74H134O6. The molecule has 0 aliphatic rings. The van der Waals surface area contributed by atoms with E-state index in [4.69, 9.17) is 14.2 Å². The first-order chi connectivity index (χ1) is 39.5. The molecule has 0 aromatic rings. The molecule has 1 atom stereocenters. The van der Waals surface area contributed by atoms with Crippen molar-refractivity contribution in [2.24, 2.45) is 0 Å². The predicted molar refractivity (Wildman–Crippen MR) is 348 cm³/mol. The summed E-state index contributed by atoms with van der Waals surface area (Å²) < 4.78 is 17.0. The summed E-state index contributed by atoms with van der Waals surface area (Å²) in [4.78, 5) is 38.4. The Morgan fingerprint density at radius 1 is 0.250 bits per heavy atom. The van der Waals surface area contributed by atoms with E-state index in [-0.39, 0.29) is 31.1 Å². The number of allylic oxidation sites excluding steroid dienone is 10. The second-order valence-corrected chi connectivity index (χ2v) is 23.8. The highest BCUT2D eigenvalue weighted by Gasteiger charge is 2.19. The summed E-state index contributed by atoms with van der Waals surface area (Å²) in [5.74, 6) is -0.868. The van der Waals surface area contributed by atoms with Gasteiger partial charge >= 0.3 is 17.9 Å². The van der Waals surface area contributed by atoms with Crippen molar-refractivity contribution < 1.29 is 28.6 Å². The third-order valence-corrected chi connectivity index (χ3v) is 15.7. The summed E-state index contributed by atoms with van der Waals surface area (Å²) in [5, 5.41) is 0. The molecule has 0 heterocycles. The van der Waals surface area contributed by atoms with E-state index in [1.807, 2.05) is 0 Å². The monoisotopic (exact) mass is 1120 g/mol. The molecule has 0 spiro atoms. The third kappa shape index (κ3) is 65.9. The molecule has 0 amide bonds. The van der Waals surface area contributed by atoms with Gasteiger partial charge in [0.15, 0.2) is 6.10 Å². The van der Waals surface area contributed by atoms with Gasteiger partial charge in [0.2, 0.25) is 0 Å². The molecule has 0 saturated carbocycles. The van der Waals surface area contributed by atoms with Crippen molar-refractivity contribution in [3.05, 3.63) is 60.8 Å². The van der Waals surface area contributed by atoms with Crippen molar-refractivity contribution in [3.63, 3.8) is 0 Å². The standard InChI is InChI=1S/C74H134O6/c1-4-7-10-13-16-19-22-25-27-29-31-32-33-34-35-36-37-38-39-40-41-42-44-45-47-49-52-55-58-61-64-67-73(76)79-70-71(69-78-72(75)66-63-60-57-54-51-24-21-18-15-12-9-6-3)80-74(77)68-65-62-59-56-53-50-48-46-43-30-28-26-23-20-17-14-11-8-5-2/h17-18,20-22,25-26,28-29,31,71H,4-16,19,23-24,27,30,32-70H2,1-3H3/b20-17-,21-18-,25-22-,28-26-,31-29-. The minimum atomic E-state index is -0.779. The van der Waals surface area contributed by atoms with Crippen molar-refractivity contribution in [2.45, 2.75) is 380 Å². The van der Waals surface area contributed by atoms with Crippen LogP contribution in [0.2, 0.25) is 0 Å². The molecule has 0 aromatic carbocycles. The Kier molecular flexibility index (Phi) is 66.1. The van der Waals surface area contributed by atoms with Crippen molar-refractivity contribution >= 4 is 17.9 Å². The summed E-state index contributed by atoms with van der Waals surface area (Å²) >= 11 is 0. The Balaban J connectivity index is 4.16. The molecule has 80 heavy (non-hydrogen) atoms. The molecule has 0 aliphatic heterocycles. The number of carbonyl (C=O) groups is 3. The molecule has 0 saturated heterocycles. The van der Waals surface area contributed by atoms with Crippen LogP contribution in [-0.2, 0) is 28.6 Å². The van der Waals surface area contributed by atoms with Gasteiger partial charge in [0, 0.05) is 19.3 Å². The maximum absolute atomic E-state index is 12.9. The normalized spacial score (nSPS) is 12.4. The van der Waals surface area contributed by atoms with Crippen molar-refractivity contribution in [1.82, 2.24) is 0 Å². The number of carbonyl (C=O) groups excluding carboxylic acids is 3. The molecule has 0 aliphatic carbocycles. The highest BCUT2D eigenvalue weighted by molar-refractivity contribution is 5.71. The van der Waals surface area contributed by atoms with Gasteiger partial charge in [-0.05, 0) is 109 Å². The largest absolute Gasteiger partial charge is 0.462 e. The second-order valence-electron chi connectivity index (χ2n) is 23.8. The summed E-state index contributed by atoms with van der Waals surface area (Å²) in [7, 11) is 0. The maximum atomic E-state index is 12.9. The Morgan fingerprint density at radius 2 is 0.450 bits per heavy atom. The lowest BCUT2D eigenvalue weighted by Gasteiger charge is -2.18. The zero-order chi connectivity index (χ0) is 57.8. The first-order valence-electron chi connectivity index (χ1n) is 35.3. The number of hydrogen-bond donors (Lipinski definition) is 0. The second kappa shape index (κ2) is 68.6. The number of hydrogen-bond acceptors (Lipinski definition) is 6. The maximum Gasteiger partial charge on any atom is 0.306 e. The highest BCUT2D eigenvalue weighted by Crippen LogP contribution is 2.18. The first-order valence-corrected chi connectivity index (χ1v) is 35.3. The van der Waals surface area contributed by atoms with Gasteiger partial charge in [-0.25, -0.2) is 0 Å². The van der Waals surface area contributed by atoms with Gasteiger partial charge < -0.3 is 14.2 Å². The molecule has 0 aromatic heterocycles. The van der Waals surface area contributed by atoms with Gasteiger partial charge in [-0.1, -0.05) is 306 Å². The smallest absolute Gasteiger partial charge is 0.306 e. The van der Waals surface area contributed by atoms with Crippen LogP contribution in [0.1, 0.15) is 374 Å². The van der Waals surface area contributed by atoms with E-state index in [2.05, 4.69) is 81.5 Å². The lowest BCUT2D eigenvalue weighted by molar-refractivity contribution is -0.167. The summed E-state index contributed by atoms with van der Waals surface area (Å²) in [5.41, 5.74) is 0. The molecule has 0 rings (SSSR count). The summed E-state index contributed by atoms with van der Waals surface area (Å²) in [6.07, 6.45) is 88.3. The molecule has 0 N–H and O–H groups in total. The molecule has 0 fully saturated rings. The van der Waals surface area contributed by atoms with Crippen molar-refractivity contribution in [2.75, 3.05) is 13.2 Å². The highest BCUT2D eigenvalue weighted by atomic mass is 16.6. The van der Waals surface area contributed by atoms with Gasteiger partial charge in [-0.3, -0.25) is 14.4 Å². The summed E-state index contributed by atoms with van der Waals surface area (Å²) in [6, 6.07) is 0. The van der Waals surface area contributed by atoms with E-state index >= 15 is 0 Å². The minimum Gasteiger partial charge on any atom is -0.462 e. The molecule has 6 nitrogen and oxygen atoms in total. The fourth-order valence-electron chi connectivity index (χ4n) is 10.4. The van der Waals surface area contributed by atoms with E-state index in [0.29, 0.717) is 19.3 Å². The van der Waals surface area contributed by atoms with Crippen LogP contribution in [0.5, 0.6) is 0 Å². The zero-order valence-corrected chi connectivity index (χ0v) is 53.6. The topological polar surface area (TPSA) is 78.9 Å². The van der Waals surface area contributed by atoms with E-state index in [1.165, 1.54) is 257 Å². The van der Waals surface area contributed by atoms with Crippen LogP contribution < -0.4 is 0 Å². The fourth-order valence-corrected chi connectivity index (χ4v) is 10.4. The van der Waals surface area contributed by atoms with E-state index in [1.54, 1.807) is 0 Å². The molecule has 1 unspecified atom stereocenters. The predicted octanol–water partition coefficient (Wildman–Crippen LogP) is 24.3. The van der Waals surface area contributed by atoms with Gasteiger partial charge in [0.25, 0.3) is 0 Å². The number of ether oxygens (including phenoxy) is 3. The number of rotatable bonds is 65. The van der Waals surface area contributed by atoms with Crippen molar-refractivity contribution in [3.8, 4) is 0 Å². The lowest BCUT2D eigenvalue weighted by Crippen LogP contribution is -2.30. The lowest BCUT2D eigenvalue weighted by atomic mass is 10.0. The third-order valence-electron chi connectivity index (χ3n) is 15.7. The average molecular weight is 1120 g/mol. The Hall–Kier alpha value is -2.89. The van der Waals surface area contributed by atoms with Crippen molar-refractivity contribution in [1.29, 1.82) is 0 Å². The Bertz CT molecular complexity index is 1430. The Labute approximate surface area is 498 Å². The van der Waals surface area contributed by atoms with Gasteiger partial charge in [-0.15, -0.1) is 0 Å². The molecule has 466 valence electrons. The SMILES string of the molecule is CCCCC/C=C\C/C=C\CCCCCCCCCCCC(=O)OC(COC(=O)CCCCCCC/C=C\CCCCC)COC(=O)CCCCCCCCCCCCCCCCCCCCC/C=C\C/C=C\CCCCCCC. The van der Waals surface area contributed by atoms with Gasteiger partial charge in [-0.2, -0.15) is 0 Å².